The van der Waals surface area contributed by atoms with E-state index in [4.69, 9.17) is 30.6 Å². The number of nitrogens with zero attached hydrogens (tertiary/aromatic N) is 4. The first-order valence-electron chi connectivity index (χ1n) is 6.89. The Bertz CT molecular complexity index is 831. The summed E-state index contributed by atoms with van der Waals surface area (Å²) in [5, 5.41) is 30.7. The molecule has 136 valence electrons. The summed E-state index contributed by atoms with van der Waals surface area (Å²) in [6.07, 6.45) is 3.67. The molecule has 12 heteroatoms. The number of hydrogen-bond acceptors (Lipinski definition) is 9. The van der Waals surface area contributed by atoms with Gasteiger partial charge in [0.1, 0.15) is 0 Å². The largest absolute Gasteiger partial charge is 2.00 e. The molecule has 0 aliphatic heterocycles. The van der Waals surface area contributed by atoms with Crippen LogP contribution in [0.1, 0.15) is 5.69 Å². The molecule has 0 atom stereocenters. The van der Waals surface area contributed by atoms with Crippen molar-refractivity contribution >= 4 is 22.7 Å². The van der Waals surface area contributed by atoms with Gasteiger partial charge in [0.15, 0.2) is 0 Å². The van der Waals surface area contributed by atoms with Crippen molar-refractivity contribution in [3.63, 3.8) is 0 Å². The standard InChI is InChI=1S/C15H12N2S.Cd.2NO3/c1-2-9-16-13(7-1)11-18-14-8-3-5-12-6-4-10-17-15(12)14;;2*2-1(3)4/h1-10H,11H2;;;/q;+2;2*-1. The van der Waals surface area contributed by atoms with Crippen molar-refractivity contribution < 1.29 is 37.5 Å². The van der Waals surface area contributed by atoms with Crippen molar-refractivity contribution in [1.82, 2.24) is 9.97 Å². The number of benzene rings is 1. The fourth-order valence-electron chi connectivity index (χ4n) is 1.83. The number of rotatable bonds is 3. The van der Waals surface area contributed by atoms with Gasteiger partial charge in [-0.2, -0.15) is 0 Å². The topological polar surface area (TPSA) is 158 Å². The maximum absolute atomic E-state index is 8.25. The van der Waals surface area contributed by atoms with E-state index in [0.717, 1.165) is 17.0 Å². The van der Waals surface area contributed by atoms with Crippen LogP contribution in [-0.4, -0.2) is 20.1 Å². The summed E-state index contributed by atoms with van der Waals surface area (Å²) in [4.78, 5) is 26.5. The molecule has 27 heavy (non-hydrogen) atoms. The van der Waals surface area contributed by atoms with Gasteiger partial charge >= 0.3 is 27.3 Å². The van der Waals surface area contributed by atoms with Gasteiger partial charge in [0.25, 0.3) is 0 Å². The van der Waals surface area contributed by atoms with E-state index in [-0.39, 0.29) is 27.3 Å². The molecule has 0 fully saturated rings. The smallest absolute Gasteiger partial charge is 0.356 e. The second kappa shape index (κ2) is 13.6. The molecule has 0 aliphatic carbocycles. The molecule has 2 heterocycles. The van der Waals surface area contributed by atoms with Gasteiger partial charge in [-0.3, -0.25) is 9.97 Å². The Balaban J connectivity index is 0.000000646. The first-order chi connectivity index (χ1) is 12.4. The number of para-hydroxylation sites is 1. The molecule has 0 radical (unpaired) electrons. The first kappa shape index (κ1) is 24.5. The van der Waals surface area contributed by atoms with Crippen LogP contribution in [0.25, 0.3) is 10.9 Å². The zero-order valence-electron chi connectivity index (χ0n) is 13.8. The molecule has 3 rings (SSSR count). The van der Waals surface area contributed by atoms with Gasteiger partial charge in [-0.15, -0.1) is 11.8 Å². The monoisotopic (exact) mass is 490 g/mol. The molecule has 0 N–H and O–H groups in total. The first-order valence-corrected chi connectivity index (χ1v) is 7.88. The Morgan fingerprint density at radius 3 is 2.00 bits per heavy atom. The summed E-state index contributed by atoms with van der Waals surface area (Å²) in [7, 11) is 0. The Hall–Kier alpha value is -2.55. The second-order valence-electron chi connectivity index (χ2n) is 4.39. The van der Waals surface area contributed by atoms with Gasteiger partial charge in [-0.25, -0.2) is 0 Å². The Kier molecular flexibility index (Phi) is 12.3. The van der Waals surface area contributed by atoms with Crippen LogP contribution >= 0.6 is 11.8 Å². The molecule has 10 nitrogen and oxygen atoms in total. The number of thioether (sulfide) groups is 1. The van der Waals surface area contributed by atoms with Crippen molar-refractivity contribution in [1.29, 1.82) is 0 Å². The van der Waals surface area contributed by atoms with Crippen molar-refractivity contribution in [3.05, 3.63) is 97.3 Å². The summed E-state index contributed by atoms with van der Waals surface area (Å²) in [6.45, 7) is 0. The molecule has 0 saturated carbocycles. The molecule has 0 bridgehead atoms. The molecule has 1 aromatic carbocycles. The normalized spacial score (nSPS) is 8.89. The van der Waals surface area contributed by atoms with Gasteiger partial charge < -0.3 is 30.6 Å². The van der Waals surface area contributed by atoms with Crippen LogP contribution in [0.5, 0.6) is 0 Å². The van der Waals surface area contributed by atoms with E-state index in [0.29, 0.717) is 0 Å². The fourth-order valence-corrected chi connectivity index (χ4v) is 2.78. The average Bonchev–Trinajstić information content (AvgIpc) is 2.60. The Morgan fingerprint density at radius 1 is 0.815 bits per heavy atom. The molecular weight excluding hydrogens is 477 g/mol. The van der Waals surface area contributed by atoms with Crippen LogP contribution in [0.2, 0.25) is 0 Å². The zero-order chi connectivity index (χ0) is 19.4. The molecule has 0 aliphatic rings. The van der Waals surface area contributed by atoms with Gasteiger partial charge in [0.2, 0.25) is 0 Å². The van der Waals surface area contributed by atoms with Gasteiger partial charge in [0, 0.05) is 28.4 Å². The molecule has 0 spiro atoms. The molecular formula is C15H12CdN4O6S. The number of pyridine rings is 2. The van der Waals surface area contributed by atoms with Crippen LogP contribution in [-0.2, 0) is 33.1 Å². The summed E-state index contributed by atoms with van der Waals surface area (Å²) in [6, 6.07) is 16.3. The molecule has 0 saturated heterocycles. The van der Waals surface area contributed by atoms with Crippen LogP contribution in [0.4, 0.5) is 0 Å². The Labute approximate surface area is 177 Å². The van der Waals surface area contributed by atoms with E-state index in [1.165, 1.54) is 10.3 Å². The fraction of sp³-hybridized carbons (Fsp3) is 0.0667. The second-order valence-corrected chi connectivity index (χ2v) is 5.41. The number of fused-ring (bicyclic) bond motifs is 1. The van der Waals surface area contributed by atoms with Crippen molar-refractivity contribution in [2.24, 2.45) is 0 Å². The van der Waals surface area contributed by atoms with E-state index in [1.807, 2.05) is 36.7 Å². The zero-order valence-corrected chi connectivity index (χ0v) is 18.7. The van der Waals surface area contributed by atoms with E-state index < -0.39 is 10.2 Å². The van der Waals surface area contributed by atoms with Gasteiger partial charge in [0.05, 0.1) is 21.4 Å². The quantitative estimate of drug-likeness (QED) is 0.233. The summed E-state index contributed by atoms with van der Waals surface area (Å²) in [5.74, 6) is 0.872. The van der Waals surface area contributed by atoms with Crippen LogP contribution < -0.4 is 0 Å². The van der Waals surface area contributed by atoms with Crippen LogP contribution in [0.3, 0.4) is 0 Å². The van der Waals surface area contributed by atoms with Crippen molar-refractivity contribution in [3.8, 4) is 0 Å². The van der Waals surface area contributed by atoms with E-state index in [1.54, 1.807) is 11.8 Å². The van der Waals surface area contributed by atoms with Crippen LogP contribution in [0, 0.1) is 30.6 Å². The predicted octanol–water partition coefficient (Wildman–Crippen LogP) is 3.44. The number of aromatic nitrogens is 2. The minimum Gasteiger partial charge on any atom is -0.356 e. The molecule has 3 aromatic rings. The third-order valence-electron chi connectivity index (χ3n) is 2.70. The molecule has 0 unspecified atom stereocenters. The van der Waals surface area contributed by atoms with E-state index in [2.05, 4.69) is 34.2 Å². The molecule has 2 aromatic heterocycles. The Morgan fingerprint density at radius 2 is 1.41 bits per heavy atom. The van der Waals surface area contributed by atoms with Gasteiger partial charge in [-0.05, 0) is 24.3 Å². The third kappa shape index (κ3) is 10.9. The van der Waals surface area contributed by atoms with Crippen molar-refractivity contribution in [2.45, 2.75) is 10.6 Å². The minimum absolute atomic E-state index is 0. The summed E-state index contributed by atoms with van der Waals surface area (Å²) < 4.78 is 0. The van der Waals surface area contributed by atoms with Crippen molar-refractivity contribution in [2.75, 3.05) is 0 Å². The van der Waals surface area contributed by atoms with E-state index >= 15 is 0 Å². The minimum atomic E-state index is -1.75. The summed E-state index contributed by atoms with van der Waals surface area (Å²) in [5.41, 5.74) is 2.16. The average molecular weight is 489 g/mol. The third-order valence-corrected chi connectivity index (χ3v) is 3.78. The maximum Gasteiger partial charge on any atom is 2.00 e. The molecule has 0 amide bonds. The van der Waals surface area contributed by atoms with Crippen LogP contribution in [0.15, 0.2) is 65.8 Å². The van der Waals surface area contributed by atoms with E-state index in [9.17, 15) is 0 Å². The predicted molar refractivity (Wildman–Crippen MR) is 96.3 cm³/mol. The van der Waals surface area contributed by atoms with Gasteiger partial charge in [-0.1, -0.05) is 24.3 Å². The number of hydrogen-bond donors (Lipinski definition) is 0. The summed E-state index contributed by atoms with van der Waals surface area (Å²) >= 11 is 1.78. The maximum atomic E-state index is 8.25. The SMILES string of the molecule is O=[N+]([O-])[O-].O=[N+]([O-])[O-].[Cd+2].c1ccc(CSc2cccc3cccnc23)nc1.